The third kappa shape index (κ3) is 9.75. The van der Waals surface area contributed by atoms with Gasteiger partial charge in [-0.3, -0.25) is 9.59 Å². The van der Waals surface area contributed by atoms with Crippen molar-refractivity contribution in [3.05, 3.63) is 0 Å². The Labute approximate surface area is 97.6 Å². The molecule has 0 bridgehead atoms. The van der Waals surface area contributed by atoms with Gasteiger partial charge < -0.3 is 20.1 Å². The number of aliphatic hydroxyl groups is 2. The van der Waals surface area contributed by atoms with Crippen LogP contribution >= 0.6 is 11.8 Å². The molecule has 0 fully saturated rings. The van der Waals surface area contributed by atoms with Crippen LogP contribution in [0.1, 0.15) is 12.8 Å². The van der Waals surface area contributed by atoms with Gasteiger partial charge in [0.2, 0.25) is 0 Å². The zero-order valence-corrected chi connectivity index (χ0v) is 9.61. The third-order valence-electron chi connectivity index (χ3n) is 1.56. The van der Waals surface area contributed by atoms with E-state index in [9.17, 15) is 9.59 Å². The van der Waals surface area contributed by atoms with Gasteiger partial charge in [-0.15, -0.1) is 0 Å². The predicted octanol–water partition coefficient (Wildman–Crippen LogP) is -0.519. The second kappa shape index (κ2) is 9.44. The molecule has 94 valence electrons. The monoisotopic (exact) mass is 252 g/mol. The van der Waals surface area contributed by atoms with Crippen molar-refractivity contribution < 1.29 is 29.6 Å². The van der Waals surface area contributed by atoms with Crippen molar-refractivity contribution in [1.82, 2.24) is 0 Å². The first-order valence-corrected chi connectivity index (χ1v) is 5.95. The van der Waals surface area contributed by atoms with E-state index >= 15 is 0 Å². The van der Waals surface area contributed by atoms with Crippen LogP contribution in [0.2, 0.25) is 0 Å². The number of ether oxygens (including phenoxy) is 1. The normalized spacial score (nSPS) is 12.1. The number of rotatable bonds is 9. The lowest BCUT2D eigenvalue weighted by Crippen LogP contribution is -2.22. The average molecular weight is 252 g/mol. The lowest BCUT2D eigenvalue weighted by atomic mass is 10.4. The fraction of sp³-hybridized carbons (Fsp3) is 0.778. The Bertz CT molecular complexity index is 220. The van der Waals surface area contributed by atoms with Gasteiger partial charge in [0.15, 0.2) is 0 Å². The zero-order chi connectivity index (χ0) is 12.4. The molecule has 7 heteroatoms. The first kappa shape index (κ1) is 15.2. The molecule has 0 saturated heterocycles. The maximum Gasteiger partial charge on any atom is 0.306 e. The lowest BCUT2D eigenvalue weighted by molar-refractivity contribution is -0.146. The summed E-state index contributed by atoms with van der Waals surface area (Å²) in [5.41, 5.74) is 0. The van der Waals surface area contributed by atoms with Crippen molar-refractivity contribution in [2.24, 2.45) is 0 Å². The van der Waals surface area contributed by atoms with E-state index in [1.165, 1.54) is 11.8 Å². The van der Waals surface area contributed by atoms with E-state index in [1.54, 1.807) is 0 Å². The number of esters is 1. The van der Waals surface area contributed by atoms with Gasteiger partial charge in [-0.05, 0) is 0 Å². The number of thioether (sulfide) groups is 1. The second-order valence-corrected chi connectivity index (χ2v) is 4.25. The molecule has 1 atom stereocenters. The highest BCUT2D eigenvalue weighted by atomic mass is 32.2. The molecule has 6 nitrogen and oxygen atoms in total. The van der Waals surface area contributed by atoms with Crippen LogP contribution in [0.3, 0.4) is 0 Å². The molecule has 0 aromatic heterocycles. The number of hydrogen-bond donors (Lipinski definition) is 3. The standard InChI is InChI=1S/C9H16O6S/c10-5-7(11)6-15-9(14)2-4-16-3-1-8(12)13/h7,10-11H,1-6H2,(H,12,13). The van der Waals surface area contributed by atoms with Crippen molar-refractivity contribution in [3.63, 3.8) is 0 Å². The summed E-state index contributed by atoms with van der Waals surface area (Å²) in [6.07, 6.45) is -0.797. The minimum atomic E-state index is -1.04. The fourth-order valence-corrected chi connectivity index (χ4v) is 1.57. The highest BCUT2D eigenvalue weighted by Gasteiger charge is 2.07. The maximum atomic E-state index is 11.0. The molecular weight excluding hydrogens is 236 g/mol. The SMILES string of the molecule is O=C(O)CCSCCC(=O)OCC(O)CO. The molecule has 0 radical (unpaired) electrons. The Morgan fingerprint density at radius 3 is 2.44 bits per heavy atom. The molecule has 0 amide bonds. The van der Waals surface area contributed by atoms with Gasteiger partial charge in [-0.1, -0.05) is 0 Å². The van der Waals surface area contributed by atoms with Gasteiger partial charge in [-0.25, -0.2) is 0 Å². The molecule has 0 heterocycles. The number of carboxylic acids is 1. The second-order valence-electron chi connectivity index (χ2n) is 3.03. The first-order valence-electron chi connectivity index (χ1n) is 4.80. The molecule has 3 N–H and O–H groups in total. The van der Waals surface area contributed by atoms with Crippen LogP contribution < -0.4 is 0 Å². The Kier molecular flexibility index (Phi) is 8.97. The van der Waals surface area contributed by atoms with Gasteiger partial charge in [0.05, 0.1) is 19.4 Å². The van der Waals surface area contributed by atoms with E-state index < -0.39 is 24.6 Å². The smallest absolute Gasteiger partial charge is 0.306 e. The minimum absolute atomic E-state index is 0.0724. The molecule has 0 aromatic rings. The van der Waals surface area contributed by atoms with Crippen LogP contribution in [0.15, 0.2) is 0 Å². The summed E-state index contributed by atoms with van der Waals surface area (Å²) in [5, 5.41) is 25.7. The van der Waals surface area contributed by atoms with E-state index in [1.807, 2.05) is 0 Å². The van der Waals surface area contributed by atoms with E-state index in [0.29, 0.717) is 11.5 Å². The number of hydrogen-bond acceptors (Lipinski definition) is 6. The van der Waals surface area contributed by atoms with Crippen molar-refractivity contribution in [2.75, 3.05) is 24.7 Å². The average Bonchev–Trinajstić information content (AvgIpc) is 2.24. The Morgan fingerprint density at radius 1 is 1.25 bits per heavy atom. The van der Waals surface area contributed by atoms with E-state index in [-0.39, 0.29) is 19.4 Å². The third-order valence-corrected chi connectivity index (χ3v) is 2.54. The fourth-order valence-electron chi connectivity index (χ4n) is 0.731. The summed E-state index contributed by atoms with van der Waals surface area (Å²) >= 11 is 1.36. The van der Waals surface area contributed by atoms with E-state index in [0.717, 1.165) is 0 Å². The lowest BCUT2D eigenvalue weighted by Gasteiger charge is -2.07. The van der Waals surface area contributed by atoms with Crippen LogP contribution in [0.4, 0.5) is 0 Å². The summed E-state index contributed by atoms with van der Waals surface area (Å²) in [7, 11) is 0. The highest BCUT2D eigenvalue weighted by molar-refractivity contribution is 7.99. The molecule has 0 saturated carbocycles. The van der Waals surface area contributed by atoms with Gasteiger partial charge >= 0.3 is 11.9 Å². The molecule has 1 unspecified atom stereocenters. The molecule has 0 spiro atoms. The zero-order valence-electron chi connectivity index (χ0n) is 8.79. The van der Waals surface area contributed by atoms with E-state index in [2.05, 4.69) is 4.74 Å². The van der Waals surface area contributed by atoms with Crippen LogP contribution in [0, 0.1) is 0 Å². The molecule has 0 aliphatic carbocycles. The van der Waals surface area contributed by atoms with Crippen molar-refractivity contribution in [1.29, 1.82) is 0 Å². The minimum Gasteiger partial charge on any atom is -0.481 e. The molecule has 0 aliphatic heterocycles. The number of aliphatic hydroxyl groups excluding tert-OH is 2. The summed E-state index contributed by atoms with van der Waals surface area (Å²) in [6, 6.07) is 0. The van der Waals surface area contributed by atoms with Crippen LogP contribution in [0.25, 0.3) is 0 Å². The van der Waals surface area contributed by atoms with Gasteiger partial charge in [-0.2, -0.15) is 11.8 Å². The quantitative estimate of drug-likeness (QED) is 0.374. The molecular formula is C9H16O6S. The predicted molar refractivity (Wildman–Crippen MR) is 58.2 cm³/mol. The Hall–Kier alpha value is -0.790. The summed E-state index contributed by atoms with van der Waals surface area (Å²) in [6.45, 7) is -0.657. The summed E-state index contributed by atoms with van der Waals surface area (Å²) in [4.78, 5) is 21.2. The number of aliphatic carboxylic acids is 1. The molecule has 0 aliphatic rings. The van der Waals surface area contributed by atoms with Gasteiger partial charge in [0.1, 0.15) is 12.7 Å². The van der Waals surface area contributed by atoms with Crippen LogP contribution in [-0.4, -0.2) is 58.1 Å². The first-order chi connectivity index (χ1) is 7.56. The molecule has 0 rings (SSSR count). The van der Waals surface area contributed by atoms with Crippen molar-refractivity contribution in [3.8, 4) is 0 Å². The number of carbonyl (C=O) groups is 2. The van der Waals surface area contributed by atoms with Crippen LogP contribution in [-0.2, 0) is 14.3 Å². The largest absolute Gasteiger partial charge is 0.481 e. The number of carbonyl (C=O) groups excluding carboxylic acids is 1. The Balaban J connectivity index is 3.33. The molecule has 0 aromatic carbocycles. The maximum absolute atomic E-state index is 11.0. The van der Waals surface area contributed by atoms with Gasteiger partial charge in [0, 0.05) is 11.5 Å². The van der Waals surface area contributed by atoms with Crippen molar-refractivity contribution in [2.45, 2.75) is 18.9 Å². The Morgan fingerprint density at radius 2 is 1.88 bits per heavy atom. The van der Waals surface area contributed by atoms with Gasteiger partial charge in [0.25, 0.3) is 0 Å². The molecule has 16 heavy (non-hydrogen) atoms. The number of carboxylic acid groups (broad SMARTS) is 1. The van der Waals surface area contributed by atoms with E-state index in [4.69, 9.17) is 15.3 Å². The summed E-state index contributed by atoms with van der Waals surface area (Å²) in [5.74, 6) is -0.375. The van der Waals surface area contributed by atoms with Crippen LogP contribution in [0.5, 0.6) is 0 Å². The summed E-state index contributed by atoms with van der Waals surface area (Å²) < 4.78 is 4.64. The van der Waals surface area contributed by atoms with Crippen molar-refractivity contribution >= 4 is 23.7 Å². The highest BCUT2D eigenvalue weighted by Crippen LogP contribution is 2.05. The topological polar surface area (TPSA) is 104 Å².